The Morgan fingerprint density at radius 2 is 1.52 bits per heavy atom. The maximum atomic E-state index is 13.4. The molecule has 1 fully saturated rings. The van der Waals surface area contributed by atoms with Crippen LogP contribution in [-0.4, -0.2) is 37.7 Å². The van der Waals surface area contributed by atoms with E-state index in [-0.39, 0.29) is 6.16 Å². The molecule has 29 heavy (non-hydrogen) atoms. The van der Waals surface area contributed by atoms with Gasteiger partial charge < -0.3 is 18.4 Å². The van der Waals surface area contributed by atoms with Gasteiger partial charge in [0.1, 0.15) is 0 Å². The zero-order chi connectivity index (χ0) is 21.8. The molecule has 1 aromatic carbocycles. The van der Waals surface area contributed by atoms with E-state index in [1.807, 2.05) is 47.6 Å². The minimum Gasteiger partial charge on any atom is -0.403 e. The third kappa shape index (κ3) is 6.18. The van der Waals surface area contributed by atoms with Crippen molar-refractivity contribution in [3.8, 4) is 0 Å². The zero-order valence-electron chi connectivity index (χ0n) is 19.2. The van der Waals surface area contributed by atoms with Crippen molar-refractivity contribution in [1.82, 2.24) is 0 Å². The van der Waals surface area contributed by atoms with E-state index in [0.717, 1.165) is 19.3 Å². The fraction of sp³-hybridized carbons (Fsp3) is 0.727. The first-order chi connectivity index (χ1) is 13.5. The number of hydrogen-bond donors (Lipinski definition) is 0. The summed E-state index contributed by atoms with van der Waals surface area (Å²) >= 11 is 0. The predicted molar refractivity (Wildman–Crippen MR) is 120 cm³/mol. The molecule has 1 saturated heterocycles. The fourth-order valence-corrected chi connectivity index (χ4v) is 5.94. The van der Waals surface area contributed by atoms with Crippen LogP contribution in [0.3, 0.4) is 0 Å². The highest BCUT2D eigenvalue weighted by molar-refractivity contribution is 7.54. The highest BCUT2D eigenvalue weighted by Gasteiger charge is 2.59. The lowest BCUT2D eigenvalue weighted by Gasteiger charge is -2.34. The molecule has 5 nitrogen and oxygen atoms in total. The van der Waals surface area contributed by atoms with Gasteiger partial charge in [0.15, 0.2) is 0 Å². The van der Waals surface area contributed by atoms with Gasteiger partial charge >= 0.3 is 14.7 Å². The van der Waals surface area contributed by atoms with Crippen molar-refractivity contribution in [1.29, 1.82) is 0 Å². The van der Waals surface area contributed by atoms with E-state index in [1.54, 1.807) is 0 Å². The lowest BCUT2D eigenvalue weighted by molar-refractivity contribution is 0.00578. The number of hydrogen-bond acceptors (Lipinski definition) is 5. The summed E-state index contributed by atoms with van der Waals surface area (Å²) in [6.07, 6.45) is 2.95. The van der Waals surface area contributed by atoms with Crippen molar-refractivity contribution in [3.05, 3.63) is 35.9 Å². The van der Waals surface area contributed by atoms with Crippen LogP contribution in [0, 0.1) is 0 Å². The van der Waals surface area contributed by atoms with Crippen LogP contribution in [-0.2, 0) is 29.3 Å². The summed E-state index contributed by atoms with van der Waals surface area (Å²) < 4.78 is 37.4. The first-order valence-corrected chi connectivity index (χ1v) is 12.5. The summed E-state index contributed by atoms with van der Waals surface area (Å²) in [6.45, 7) is 14.6. The largest absolute Gasteiger partial charge is 0.464 e. The normalized spacial score (nSPS) is 20.6. The molecule has 0 unspecified atom stereocenters. The Labute approximate surface area is 177 Å². The topological polar surface area (TPSA) is 54.0 Å². The third-order valence-electron chi connectivity index (χ3n) is 6.08. The highest BCUT2D eigenvalue weighted by Crippen LogP contribution is 2.59. The maximum Gasteiger partial charge on any atom is 0.464 e. The fourth-order valence-electron chi connectivity index (χ4n) is 3.70. The second-order valence-electron chi connectivity index (χ2n) is 9.19. The molecule has 0 radical (unpaired) electrons. The second kappa shape index (κ2) is 9.66. The molecule has 0 N–H and O–H groups in total. The Morgan fingerprint density at radius 1 is 1.00 bits per heavy atom. The Bertz CT molecular complexity index is 668. The average molecular weight is 424 g/mol. The quantitative estimate of drug-likeness (QED) is 0.316. The molecule has 0 amide bonds. The van der Waals surface area contributed by atoms with Gasteiger partial charge in [-0.25, -0.2) is 0 Å². The van der Waals surface area contributed by atoms with Crippen LogP contribution in [0.1, 0.15) is 66.9 Å². The molecule has 1 aromatic rings. The molecule has 0 aliphatic carbocycles. The summed E-state index contributed by atoms with van der Waals surface area (Å²) in [4.78, 5) is 0. The molecule has 1 aliphatic heterocycles. The van der Waals surface area contributed by atoms with E-state index in [4.69, 9.17) is 18.4 Å². The molecule has 0 spiro atoms. The predicted octanol–water partition coefficient (Wildman–Crippen LogP) is 6.13. The molecule has 1 heterocycles. The zero-order valence-corrected chi connectivity index (χ0v) is 20.1. The molecule has 1 atom stereocenters. The van der Waals surface area contributed by atoms with E-state index in [0.29, 0.717) is 13.2 Å². The van der Waals surface area contributed by atoms with Crippen LogP contribution in [0.4, 0.5) is 0 Å². The van der Waals surface area contributed by atoms with Gasteiger partial charge in [-0.15, -0.1) is 0 Å². The molecule has 0 aromatic heterocycles. The van der Waals surface area contributed by atoms with Gasteiger partial charge in [-0.1, -0.05) is 37.3 Å². The molecule has 0 saturated carbocycles. The lowest BCUT2D eigenvalue weighted by Crippen LogP contribution is -2.41. The number of aryl methyl sites for hydroxylation is 1. The van der Waals surface area contributed by atoms with Gasteiger partial charge in [-0.05, 0) is 66.4 Å². The van der Waals surface area contributed by atoms with Crippen LogP contribution in [0.2, 0.25) is 5.31 Å². The molecule has 2 rings (SSSR count). The summed E-state index contributed by atoms with van der Waals surface area (Å²) in [6, 6.07) is 10.4. The molecule has 1 aliphatic rings. The van der Waals surface area contributed by atoms with Gasteiger partial charge in [0, 0.05) is 5.31 Å². The van der Waals surface area contributed by atoms with Gasteiger partial charge in [0.25, 0.3) is 0 Å². The number of rotatable bonds is 11. The molecule has 0 bridgehead atoms. The third-order valence-corrected chi connectivity index (χ3v) is 8.50. The summed E-state index contributed by atoms with van der Waals surface area (Å²) in [5, 5.41) is -0.500. The average Bonchev–Trinajstić information content (AvgIpc) is 2.84. The van der Waals surface area contributed by atoms with Crippen molar-refractivity contribution in [3.63, 3.8) is 0 Å². The van der Waals surface area contributed by atoms with Crippen LogP contribution in [0.5, 0.6) is 0 Å². The lowest BCUT2D eigenvalue weighted by atomic mass is 9.57. The van der Waals surface area contributed by atoms with Crippen LogP contribution < -0.4 is 0 Å². The van der Waals surface area contributed by atoms with E-state index in [1.165, 1.54) is 5.56 Å². The Balaban J connectivity index is 2.23. The van der Waals surface area contributed by atoms with Crippen molar-refractivity contribution in [2.75, 3.05) is 19.4 Å². The standard InChI is InChI=1S/C22H38BO5P/c1-8-25-29(24,26-9-2)18-22(7,17-13-16-19-14-11-10-12-15-19)23-27-20(3,4)21(5,6)28-23/h10-12,14-15H,8-9,13,16-18H2,1-7H3/t22-/m0/s1. The van der Waals surface area contributed by atoms with Gasteiger partial charge in [0.2, 0.25) is 0 Å². The van der Waals surface area contributed by atoms with Crippen molar-refractivity contribution >= 4 is 14.7 Å². The summed E-state index contributed by atoms with van der Waals surface area (Å²) in [5.74, 6) is 0. The van der Waals surface area contributed by atoms with E-state index >= 15 is 0 Å². The van der Waals surface area contributed by atoms with Crippen LogP contribution in [0.25, 0.3) is 0 Å². The Hall–Kier alpha value is -0.645. The minimum atomic E-state index is -3.25. The van der Waals surface area contributed by atoms with E-state index < -0.39 is 31.2 Å². The Morgan fingerprint density at radius 3 is 2.00 bits per heavy atom. The summed E-state index contributed by atoms with van der Waals surface area (Å²) in [7, 11) is -3.72. The maximum absolute atomic E-state index is 13.4. The Kier molecular flexibility index (Phi) is 8.20. The highest BCUT2D eigenvalue weighted by atomic mass is 31.2. The van der Waals surface area contributed by atoms with Gasteiger partial charge in [-0.2, -0.15) is 0 Å². The summed E-state index contributed by atoms with van der Waals surface area (Å²) in [5.41, 5.74) is 0.403. The number of benzene rings is 1. The minimum absolute atomic E-state index is 0.271. The van der Waals surface area contributed by atoms with Crippen LogP contribution >= 0.6 is 7.60 Å². The van der Waals surface area contributed by atoms with Gasteiger partial charge in [-0.3, -0.25) is 4.57 Å². The van der Waals surface area contributed by atoms with Crippen molar-refractivity contribution in [2.24, 2.45) is 0 Å². The smallest absolute Gasteiger partial charge is 0.403 e. The van der Waals surface area contributed by atoms with E-state index in [9.17, 15) is 4.57 Å². The SMILES string of the molecule is CCOP(=O)(C[C@](C)(CCCc1ccccc1)B1OC(C)(C)C(C)(C)O1)OCC. The molecular weight excluding hydrogens is 386 g/mol. The first kappa shape index (κ1) is 24.6. The van der Waals surface area contributed by atoms with Crippen LogP contribution in [0.15, 0.2) is 30.3 Å². The van der Waals surface area contributed by atoms with Crippen molar-refractivity contribution < 1.29 is 22.9 Å². The molecule has 164 valence electrons. The first-order valence-electron chi connectivity index (χ1n) is 10.7. The molecule has 7 heteroatoms. The second-order valence-corrected chi connectivity index (χ2v) is 11.2. The van der Waals surface area contributed by atoms with E-state index in [2.05, 4.69) is 31.2 Å². The van der Waals surface area contributed by atoms with Crippen molar-refractivity contribution in [2.45, 2.75) is 84.2 Å². The van der Waals surface area contributed by atoms with Gasteiger partial charge in [0.05, 0.1) is 30.6 Å². The molecular formula is C22H38BO5P. The monoisotopic (exact) mass is 424 g/mol.